The molecule has 1 aromatic heterocycles. The third kappa shape index (κ3) is 3.44. The number of carbonyl (C=O) groups is 1. The van der Waals surface area contributed by atoms with Crippen LogP contribution in [0.15, 0.2) is 24.3 Å². The number of hydrogen-bond acceptors (Lipinski definition) is 3. The van der Waals surface area contributed by atoms with Crippen molar-refractivity contribution >= 4 is 11.6 Å². The number of carbonyl (C=O) groups excluding carboxylic acids is 1. The highest BCUT2D eigenvalue weighted by molar-refractivity contribution is 5.92. The zero-order chi connectivity index (χ0) is 16.2. The Morgan fingerprint density at radius 3 is 2.74 bits per heavy atom. The van der Waals surface area contributed by atoms with Gasteiger partial charge < -0.3 is 9.88 Å². The number of nitrogens with zero attached hydrogens (tertiary/aromatic N) is 3. The van der Waals surface area contributed by atoms with Gasteiger partial charge in [-0.3, -0.25) is 4.79 Å². The number of fused-ring (bicyclic) bond motifs is 1. The monoisotopic (exact) mass is 312 g/mol. The van der Waals surface area contributed by atoms with Gasteiger partial charge in [-0.25, -0.2) is 0 Å². The van der Waals surface area contributed by atoms with Crippen LogP contribution >= 0.6 is 0 Å². The van der Waals surface area contributed by atoms with Crippen LogP contribution in [0, 0.1) is 5.92 Å². The van der Waals surface area contributed by atoms with Crippen molar-refractivity contribution in [2.45, 2.75) is 52.5 Å². The Morgan fingerprint density at radius 2 is 2.00 bits per heavy atom. The molecule has 0 saturated heterocycles. The van der Waals surface area contributed by atoms with Gasteiger partial charge in [-0.05, 0) is 43.5 Å². The van der Waals surface area contributed by atoms with E-state index in [1.807, 2.05) is 38.1 Å². The molecule has 23 heavy (non-hydrogen) atoms. The van der Waals surface area contributed by atoms with E-state index in [-0.39, 0.29) is 11.8 Å². The summed E-state index contributed by atoms with van der Waals surface area (Å²) in [5.74, 6) is 2.12. The topological polar surface area (TPSA) is 59.8 Å². The first-order chi connectivity index (χ1) is 11.2. The fourth-order valence-corrected chi connectivity index (χ4v) is 2.85. The van der Waals surface area contributed by atoms with Gasteiger partial charge >= 0.3 is 0 Å². The quantitative estimate of drug-likeness (QED) is 0.937. The van der Waals surface area contributed by atoms with E-state index >= 15 is 0 Å². The molecule has 1 amide bonds. The summed E-state index contributed by atoms with van der Waals surface area (Å²) in [6.45, 7) is 4.95. The van der Waals surface area contributed by atoms with Gasteiger partial charge in [0.1, 0.15) is 5.82 Å². The molecular formula is C18H24N4O. The summed E-state index contributed by atoms with van der Waals surface area (Å²) in [5, 5.41) is 11.7. The van der Waals surface area contributed by atoms with E-state index in [0.29, 0.717) is 0 Å². The summed E-state index contributed by atoms with van der Waals surface area (Å²) in [6, 6.07) is 7.89. The largest absolute Gasteiger partial charge is 0.326 e. The number of nitrogens with one attached hydrogen (secondary N) is 1. The Balaban J connectivity index is 1.78. The van der Waals surface area contributed by atoms with Crippen molar-refractivity contribution in [3.8, 4) is 11.4 Å². The fraction of sp³-hybridized carbons (Fsp3) is 0.500. The minimum Gasteiger partial charge on any atom is -0.326 e. The lowest BCUT2D eigenvalue weighted by atomic mass is 10.1. The molecule has 1 aliphatic heterocycles. The van der Waals surface area contributed by atoms with E-state index in [0.717, 1.165) is 42.3 Å². The van der Waals surface area contributed by atoms with Crippen molar-refractivity contribution in [3.63, 3.8) is 0 Å². The zero-order valence-electron chi connectivity index (χ0n) is 13.9. The Bertz CT molecular complexity index is 675. The van der Waals surface area contributed by atoms with Crippen LogP contribution in [0.3, 0.4) is 0 Å². The van der Waals surface area contributed by atoms with Crippen LogP contribution in [0.5, 0.6) is 0 Å². The van der Waals surface area contributed by atoms with E-state index in [1.54, 1.807) is 0 Å². The molecule has 2 aromatic rings. The van der Waals surface area contributed by atoms with Gasteiger partial charge in [-0.1, -0.05) is 20.3 Å². The number of amides is 1. The lowest BCUT2D eigenvalue weighted by molar-refractivity contribution is -0.119. The molecule has 0 saturated carbocycles. The minimum absolute atomic E-state index is 0.0296. The van der Waals surface area contributed by atoms with E-state index in [9.17, 15) is 4.79 Å². The van der Waals surface area contributed by atoms with Crippen molar-refractivity contribution < 1.29 is 4.79 Å². The maximum Gasteiger partial charge on any atom is 0.227 e. The Labute approximate surface area is 137 Å². The van der Waals surface area contributed by atoms with Gasteiger partial charge in [0.2, 0.25) is 5.91 Å². The first-order valence-corrected chi connectivity index (χ1v) is 8.52. The van der Waals surface area contributed by atoms with Crippen LogP contribution in [0.1, 0.15) is 45.4 Å². The van der Waals surface area contributed by atoms with Crippen LogP contribution in [-0.2, 0) is 17.8 Å². The summed E-state index contributed by atoms with van der Waals surface area (Å²) in [5.41, 5.74) is 1.88. The second kappa shape index (κ2) is 6.94. The zero-order valence-corrected chi connectivity index (χ0v) is 13.9. The maximum atomic E-state index is 11.9. The number of anilines is 1. The van der Waals surface area contributed by atoms with E-state index < -0.39 is 0 Å². The predicted molar refractivity (Wildman–Crippen MR) is 91.1 cm³/mol. The molecule has 0 bridgehead atoms. The van der Waals surface area contributed by atoms with Gasteiger partial charge in [-0.15, -0.1) is 10.2 Å². The fourth-order valence-electron chi connectivity index (χ4n) is 2.85. The molecule has 1 aromatic carbocycles. The molecule has 1 N–H and O–H groups in total. The van der Waals surface area contributed by atoms with E-state index in [4.69, 9.17) is 0 Å². The van der Waals surface area contributed by atoms with E-state index in [1.165, 1.54) is 19.3 Å². The summed E-state index contributed by atoms with van der Waals surface area (Å²) in [6.07, 6.45) is 5.48. The Morgan fingerprint density at radius 1 is 1.22 bits per heavy atom. The molecule has 1 atom stereocenters. The van der Waals surface area contributed by atoms with Crippen molar-refractivity contribution in [2.75, 3.05) is 5.32 Å². The summed E-state index contributed by atoms with van der Waals surface area (Å²) in [4.78, 5) is 11.9. The van der Waals surface area contributed by atoms with Gasteiger partial charge in [0.05, 0.1) is 0 Å². The lowest BCUT2D eigenvalue weighted by Gasteiger charge is -2.11. The Hall–Kier alpha value is -2.17. The minimum atomic E-state index is 0.0296. The predicted octanol–water partition coefficient (Wildman–Crippen LogP) is 3.66. The van der Waals surface area contributed by atoms with Gasteiger partial charge in [-0.2, -0.15) is 0 Å². The Kier molecular flexibility index (Phi) is 4.74. The van der Waals surface area contributed by atoms with Gasteiger partial charge in [0, 0.05) is 30.1 Å². The average Bonchev–Trinajstić information content (AvgIpc) is 2.83. The van der Waals surface area contributed by atoms with Crippen molar-refractivity contribution in [3.05, 3.63) is 30.1 Å². The van der Waals surface area contributed by atoms with Crippen LogP contribution in [0.4, 0.5) is 5.69 Å². The molecule has 0 fully saturated rings. The highest BCUT2D eigenvalue weighted by atomic mass is 16.1. The normalized spacial score (nSPS) is 15.6. The van der Waals surface area contributed by atoms with Gasteiger partial charge in [0.25, 0.3) is 0 Å². The van der Waals surface area contributed by atoms with Crippen LogP contribution in [0.25, 0.3) is 11.4 Å². The molecule has 1 unspecified atom stereocenters. The molecule has 1 aliphatic rings. The highest BCUT2D eigenvalue weighted by Gasteiger charge is 2.16. The van der Waals surface area contributed by atoms with Crippen LogP contribution < -0.4 is 5.32 Å². The van der Waals surface area contributed by atoms with Crippen molar-refractivity contribution in [1.82, 2.24) is 14.8 Å². The number of rotatable bonds is 4. The molecular weight excluding hydrogens is 288 g/mol. The molecule has 5 nitrogen and oxygen atoms in total. The van der Waals surface area contributed by atoms with Crippen molar-refractivity contribution in [2.24, 2.45) is 5.92 Å². The lowest BCUT2D eigenvalue weighted by Crippen LogP contribution is -2.19. The molecule has 0 radical (unpaired) electrons. The molecule has 2 heterocycles. The number of aryl methyl sites for hydroxylation is 1. The number of benzene rings is 1. The summed E-state index contributed by atoms with van der Waals surface area (Å²) < 4.78 is 2.24. The number of hydrogen-bond donors (Lipinski definition) is 1. The average molecular weight is 312 g/mol. The molecule has 5 heteroatoms. The molecule has 0 spiro atoms. The SMILES string of the molecule is CCC(C)C(=O)Nc1ccc(-c2nnc3n2CCCCC3)cc1. The molecule has 3 rings (SSSR count). The second-order valence-electron chi connectivity index (χ2n) is 6.28. The smallest absolute Gasteiger partial charge is 0.227 e. The van der Waals surface area contributed by atoms with Gasteiger partial charge in [0.15, 0.2) is 5.82 Å². The van der Waals surface area contributed by atoms with Crippen LogP contribution in [-0.4, -0.2) is 20.7 Å². The molecule has 122 valence electrons. The van der Waals surface area contributed by atoms with E-state index in [2.05, 4.69) is 20.1 Å². The first kappa shape index (κ1) is 15.7. The standard InChI is InChI=1S/C18H24N4O/c1-3-13(2)18(23)19-15-10-8-14(9-11-15)17-21-20-16-7-5-4-6-12-22(16)17/h8-11,13H,3-7,12H2,1-2H3,(H,19,23). The van der Waals surface area contributed by atoms with Crippen LogP contribution in [0.2, 0.25) is 0 Å². The summed E-state index contributed by atoms with van der Waals surface area (Å²) >= 11 is 0. The first-order valence-electron chi connectivity index (χ1n) is 8.52. The highest BCUT2D eigenvalue weighted by Crippen LogP contribution is 2.24. The third-order valence-electron chi connectivity index (χ3n) is 4.58. The maximum absolute atomic E-state index is 11.9. The summed E-state index contributed by atoms with van der Waals surface area (Å²) in [7, 11) is 0. The van der Waals surface area contributed by atoms with Crippen molar-refractivity contribution in [1.29, 1.82) is 0 Å². The number of aromatic nitrogens is 3. The second-order valence-corrected chi connectivity index (χ2v) is 6.28. The third-order valence-corrected chi connectivity index (χ3v) is 4.58. The molecule has 0 aliphatic carbocycles.